The molecule has 2 fully saturated rings. The molecule has 3 amide bonds. The van der Waals surface area contributed by atoms with Gasteiger partial charge in [0.2, 0.25) is 5.91 Å². The fraction of sp³-hybridized carbons (Fsp3) is 0.548. The monoisotopic (exact) mass is 591 g/mol. The van der Waals surface area contributed by atoms with Crippen LogP contribution in [-0.4, -0.2) is 81.4 Å². The number of alkyl halides is 3. The molecule has 8 nitrogen and oxygen atoms in total. The number of aliphatic hydroxyl groups is 2. The molecule has 2 aromatic rings. The SMILES string of the molecule is CCc1cc([C@@H](C)N(C)C(=O)N2CCN3C(=O)C(CCO)(CCO)C[C@H]3C2c2ccc(O)cc2C)cc(C(F)(F)F)c1. The highest BCUT2D eigenvalue weighted by molar-refractivity contribution is 5.86. The molecule has 3 atom stereocenters. The minimum absolute atomic E-state index is 0.0567. The molecule has 2 heterocycles. The number of phenols is 1. The number of aliphatic hydroxyl groups excluding tert-OH is 2. The first kappa shape index (κ1) is 31.6. The highest BCUT2D eigenvalue weighted by atomic mass is 19.4. The van der Waals surface area contributed by atoms with Crippen molar-refractivity contribution in [2.45, 2.75) is 70.8 Å². The maximum Gasteiger partial charge on any atom is 0.416 e. The molecule has 2 saturated heterocycles. The Morgan fingerprint density at radius 2 is 1.79 bits per heavy atom. The molecule has 2 aromatic carbocycles. The van der Waals surface area contributed by atoms with E-state index in [9.17, 15) is 38.1 Å². The van der Waals surface area contributed by atoms with Gasteiger partial charge >= 0.3 is 12.2 Å². The summed E-state index contributed by atoms with van der Waals surface area (Å²) in [6, 6.07) is 6.59. The van der Waals surface area contributed by atoms with Crippen LogP contribution in [0, 0.1) is 12.3 Å². The van der Waals surface area contributed by atoms with Gasteiger partial charge in [0.05, 0.1) is 29.1 Å². The molecule has 0 aliphatic carbocycles. The van der Waals surface area contributed by atoms with E-state index in [0.717, 1.165) is 23.3 Å². The van der Waals surface area contributed by atoms with E-state index in [1.54, 1.807) is 48.9 Å². The predicted octanol–water partition coefficient (Wildman–Crippen LogP) is 4.80. The minimum atomic E-state index is -4.52. The largest absolute Gasteiger partial charge is 0.508 e. The van der Waals surface area contributed by atoms with Gasteiger partial charge in [0.25, 0.3) is 0 Å². The molecule has 230 valence electrons. The average molecular weight is 592 g/mol. The number of aryl methyl sites for hydroxylation is 2. The van der Waals surface area contributed by atoms with E-state index in [4.69, 9.17) is 0 Å². The lowest BCUT2D eigenvalue weighted by Crippen LogP contribution is -2.57. The zero-order chi connectivity index (χ0) is 31.0. The Balaban J connectivity index is 1.74. The first-order valence-electron chi connectivity index (χ1n) is 14.3. The van der Waals surface area contributed by atoms with Gasteiger partial charge in [0.1, 0.15) is 5.75 Å². The molecular weight excluding hydrogens is 551 g/mol. The van der Waals surface area contributed by atoms with Crippen LogP contribution in [0.5, 0.6) is 5.75 Å². The standard InChI is InChI=1S/C31H40F3N3O5/c1-5-21-15-22(17-23(16-21)31(32,33)34)20(3)35(4)29(42)37-11-10-36-26(18-30(8-12-38,9-13-39)28(36)41)27(37)25-7-6-24(40)14-19(25)2/h6-7,14-17,20,26-27,38-40H,5,8-13,18H2,1-4H3/t20-,26+,27?/m1/s1. The van der Waals surface area contributed by atoms with Crippen molar-refractivity contribution in [3.05, 3.63) is 64.2 Å². The summed E-state index contributed by atoms with van der Waals surface area (Å²) in [6.45, 7) is 5.25. The van der Waals surface area contributed by atoms with Crippen LogP contribution in [0.3, 0.4) is 0 Å². The van der Waals surface area contributed by atoms with Gasteiger partial charge in [-0.2, -0.15) is 13.2 Å². The first-order chi connectivity index (χ1) is 19.8. The number of fused-ring (bicyclic) bond motifs is 1. The van der Waals surface area contributed by atoms with Crippen molar-refractivity contribution in [1.29, 1.82) is 0 Å². The summed E-state index contributed by atoms with van der Waals surface area (Å²) < 4.78 is 41.0. The third kappa shape index (κ3) is 5.81. The quantitative estimate of drug-likeness (QED) is 0.409. The first-order valence-corrected chi connectivity index (χ1v) is 14.3. The Bertz CT molecular complexity index is 1310. The second-order valence-electron chi connectivity index (χ2n) is 11.6. The smallest absolute Gasteiger partial charge is 0.416 e. The molecule has 0 saturated carbocycles. The van der Waals surface area contributed by atoms with Gasteiger partial charge in [-0.1, -0.05) is 19.1 Å². The zero-order valence-corrected chi connectivity index (χ0v) is 24.5. The lowest BCUT2D eigenvalue weighted by atomic mass is 9.77. The highest BCUT2D eigenvalue weighted by Crippen LogP contribution is 2.49. The number of aromatic hydroxyl groups is 1. The molecule has 11 heteroatoms. The molecule has 2 aliphatic heterocycles. The summed E-state index contributed by atoms with van der Waals surface area (Å²) in [7, 11) is 1.56. The predicted molar refractivity (Wildman–Crippen MR) is 151 cm³/mol. The number of carbonyl (C=O) groups is 2. The maximum absolute atomic E-state index is 14.2. The Hall–Kier alpha value is -3.31. The van der Waals surface area contributed by atoms with Crippen LogP contribution in [0.1, 0.15) is 73.0 Å². The number of hydrogen-bond donors (Lipinski definition) is 3. The number of rotatable bonds is 8. The average Bonchev–Trinajstić information content (AvgIpc) is 3.22. The van der Waals surface area contributed by atoms with Crippen molar-refractivity contribution in [2.75, 3.05) is 33.4 Å². The number of carbonyl (C=O) groups excluding carboxylic acids is 2. The molecule has 2 aliphatic rings. The molecule has 0 radical (unpaired) electrons. The van der Waals surface area contributed by atoms with Crippen LogP contribution in [0.15, 0.2) is 36.4 Å². The lowest BCUT2D eigenvalue weighted by Gasteiger charge is -2.47. The third-order valence-corrected chi connectivity index (χ3v) is 9.11. The second kappa shape index (κ2) is 12.1. The number of phenolic OH excluding ortho intramolecular Hbond substituents is 1. The third-order valence-electron chi connectivity index (χ3n) is 9.11. The van der Waals surface area contributed by atoms with Crippen LogP contribution >= 0.6 is 0 Å². The molecule has 1 unspecified atom stereocenters. The van der Waals surface area contributed by atoms with Crippen molar-refractivity contribution in [2.24, 2.45) is 5.41 Å². The van der Waals surface area contributed by atoms with Crippen LogP contribution in [0.2, 0.25) is 0 Å². The minimum Gasteiger partial charge on any atom is -0.508 e. The van der Waals surface area contributed by atoms with E-state index in [1.165, 1.54) is 11.0 Å². The number of nitrogens with zero attached hydrogens (tertiary/aromatic N) is 3. The summed E-state index contributed by atoms with van der Waals surface area (Å²) in [5, 5.41) is 29.7. The van der Waals surface area contributed by atoms with Gasteiger partial charge in [-0.05, 0) is 86.1 Å². The number of benzene rings is 2. The van der Waals surface area contributed by atoms with Crippen molar-refractivity contribution in [1.82, 2.24) is 14.7 Å². The molecule has 4 rings (SSSR count). The van der Waals surface area contributed by atoms with Gasteiger partial charge in [-0.25, -0.2) is 4.79 Å². The molecular formula is C31H40F3N3O5. The fourth-order valence-corrected chi connectivity index (χ4v) is 6.64. The molecule has 42 heavy (non-hydrogen) atoms. The van der Waals surface area contributed by atoms with Gasteiger partial charge in [0.15, 0.2) is 0 Å². The van der Waals surface area contributed by atoms with Crippen LogP contribution in [-0.2, 0) is 17.4 Å². The van der Waals surface area contributed by atoms with E-state index >= 15 is 0 Å². The Labute approximate surface area is 244 Å². The van der Waals surface area contributed by atoms with Crippen LogP contribution in [0.25, 0.3) is 0 Å². The van der Waals surface area contributed by atoms with Crippen LogP contribution in [0.4, 0.5) is 18.0 Å². The van der Waals surface area contributed by atoms with Gasteiger partial charge in [-0.3, -0.25) is 4.79 Å². The number of hydrogen-bond acceptors (Lipinski definition) is 5. The summed E-state index contributed by atoms with van der Waals surface area (Å²) >= 11 is 0. The second-order valence-corrected chi connectivity index (χ2v) is 11.6. The number of halogens is 3. The summed E-state index contributed by atoms with van der Waals surface area (Å²) in [5.41, 5.74) is 0.617. The van der Waals surface area contributed by atoms with Crippen molar-refractivity contribution >= 4 is 11.9 Å². The summed E-state index contributed by atoms with van der Waals surface area (Å²) in [6.07, 6.45) is -3.44. The summed E-state index contributed by atoms with van der Waals surface area (Å²) in [4.78, 5) is 32.7. The van der Waals surface area contributed by atoms with Crippen molar-refractivity contribution in [3.8, 4) is 5.75 Å². The Morgan fingerprint density at radius 1 is 1.12 bits per heavy atom. The highest BCUT2D eigenvalue weighted by Gasteiger charge is 2.56. The van der Waals surface area contributed by atoms with E-state index in [1.807, 2.05) is 6.92 Å². The molecule has 3 N–H and O–H groups in total. The normalized spacial score (nSPS) is 20.9. The van der Waals surface area contributed by atoms with Gasteiger partial charge in [0, 0.05) is 33.4 Å². The maximum atomic E-state index is 14.2. The zero-order valence-electron chi connectivity index (χ0n) is 24.5. The number of piperazine rings is 1. The van der Waals surface area contributed by atoms with Crippen LogP contribution < -0.4 is 0 Å². The van der Waals surface area contributed by atoms with E-state index in [0.29, 0.717) is 24.0 Å². The number of urea groups is 1. The fourth-order valence-electron chi connectivity index (χ4n) is 6.64. The van der Waals surface area contributed by atoms with Crippen molar-refractivity contribution < 1.29 is 38.1 Å². The van der Waals surface area contributed by atoms with Crippen molar-refractivity contribution in [3.63, 3.8) is 0 Å². The molecule has 0 bridgehead atoms. The van der Waals surface area contributed by atoms with E-state index < -0.39 is 41.3 Å². The molecule has 0 aromatic heterocycles. The Morgan fingerprint density at radius 3 is 2.36 bits per heavy atom. The van der Waals surface area contributed by atoms with Gasteiger partial charge in [-0.15, -0.1) is 0 Å². The van der Waals surface area contributed by atoms with Gasteiger partial charge < -0.3 is 30.0 Å². The summed E-state index contributed by atoms with van der Waals surface area (Å²) in [5.74, 6) is -0.108. The Kier molecular flexibility index (Phi) is 9.13. The molecule has 0 spiro atoms. The van der Waals surface area contributed by atoms with E-state index in [2.05, 4.69) is 0 Å². The lowest BCUT2D eigenvalue weighted by molar-refractivity contribution is -0.140. The number of amides is 3. The topological polar surface area (TPSA) is 105 Å². The van der Waals surface area contributed by atoms with E-state index in [-0.39, 0.29) is 50.8 Å².